The van der Waals surface area contributed by atoms with Crippen LogP contribution >= 0.6 is 0 Å². The van der Waals surface area contributed by atoms with E-state index in [1.807, 2.05) is 13.2 Å². The molecule has 3 nitrogen and oxygen atoms in total. The second kappa shape index (κ2) is 5.89. The minimum atomic E-state index is -4.31. The molecule has 0 amide bonds. The van der Waals surface area contributed by atoms with E-state index in [-0.39, 0.29) is 0 Å². The van der Waals surface area contributed by atoms with Crippen LogP contribution in [0.1, 0.15) is 27.8 Å². The molecule has 0 atom stereocenters. The van der Waals surface area contributed by atoms with Crippen LogP contribution in [0.25, 0.3) is 0 Å². The molecule has 1 N–H and O–H groups in total. The molecule has 0 radical (unpaired) electrons. The lowest BCUT2D eigenvalue weighted by Crippen LogP contribution is -2.15. The Hall–Kier alpha value is -1.82. The molecule has 0 aliphatic rings. The van der Waals surface area contributed by atoms with Gasteiger partial charge in [0.2, 0.25) is 0 Å². The van der Waals surface area contributed by atoms with Gasteiger partial charge in [-0.05, 0) is 36.6 Å². The molecule has 0 fully saturated rings. The quantitative estimate of drug-likeness (QED) is 0.938. The van der Waals surface area contributed by atoms with Crippen LogP contribution in [0.5, 0.6) is 0 Å². The largest absolute Gasteiger partial charge is 0.416 e. The Bertz CT molecular complexity index is 630. The minimum absolute atomic E-state index is 0.290. The van der Waals surface area contributed by atoms with Crippen molar-refractivity contribution in [3.05, 3.63) is 52.3 Å². The summed E-state index contributed by atoms with van der Waals surface area (Å²) in [6.07, 6.45) is -0.711. The van der Waals surface area contributed by atoms with Gasteiger partial charge in [-0.25, -0.2) is 0 Å². The zero-order chi connectivity index (χ0) is 15.6. The van der Waals surface area contributed by atoms with E-state index < -0.39 is 11.7 Å². The zero-order valence-electron chi connectivity index (χ0n) is 12.3. The number of hydrogen-bond acceptors (Lipinski definition) is 2. The van der Waals surface area contributed by atoms with Gasteiger partial charge in [0, 0.05) is 31.9 Å². The van der Waals surface area contributed by atoms with Crippen molar-refractivity contribution in [3.8, 4) is 0 Å². The summed E-state index contributed by atoms with van der Waals surface area (Å²) in [6, 6.07) is 3.01. The summed E-state index contributed by atoms with van der Waals surface area (Å²) in [5.41, 5.74) is 2.02. The predicted molar refractivity (Wildman–Crippen MR) is 74.7 cm³/mol. The fraction of sp³-hybridized carbons (Fsp3) is 0.400. The van der Waals surface area contributed by atoms with Crippen LogP contribution in [-0.2, 0) is 26.3 Å². The van der Waals surface area contributed by atoms with E-state index >= 15 is 0 Å². The van der Waals surface area contributed by atoms with Crippen LogP contribution in [0.2, 0.25) is 0 Å². The third kappa shape index (κ3) is 3.85. The van der Waals surface area contributed by atoms with Crippen LogP contribution in [0, 0.1) is 13.8 Å². The van der Waals surface area contributed by atoms with Gasteiger partial charge in [0.15, 0.2) is 0 Å². The van der Waals surface area contributed by atoms with Crippen LogP contribution in [0.15, 0.2) is 24.5 Å². The molecular weight excluding hydrogens is 279 g/mol. The van der Waals surface area contributed by atoms with Crippen molar-refractivity contribution in [2.24, 2.45) is 7.05 Å². The van der Waals surface area contributed by atoms with E-state index in [9.17, 15) is 13.2 Å². The van der Waals surface area contributed by atoms with E-state index in [0.717, 1.165) is 5.56 Å². The number of nitrogens with one attached hydrogen (secondary N) is 1. The molecule has 6 heteroatoms. The van der Waals surface area contributed by atoms with Gasteiger partial charge in [0.05, 0.1) is 11.8 Å². The molecule has 1 heterocycles. The van der Waals surface area contributed by atoms with Crippen LogP contribution in [0.4, 0.5) is 13.2 Å². The van der Waals surface area contributed by atoms with E-state index in [4.69, 9.17) is 0 Å². The predicted octanol–water partition coefficient (Wildman–Crippen LogP) is 3.35. The highest BCUT2D eigenvalue weighted by Crippen LogP contribution is 2.33. The van der Waals surface area contributed by atoms with Gasteiger partial charge in [0.1, 0.15) is 0 Å². The Labute approximate surface area is 121 Å². The molecule has 1 aromatic carbocycles. The van der Waals surface area contributed by atoms with E-state index in [1.165, 1.54) is 13.0 Å². The molecule has 0 bridgehead atoms. The molecule has 2 aromatic rings. The van der Waals surface area contributed by atoms with Gasteiger partial charge >= 0.3 is 6.18 Å². The fourth-order valence-electron chi connectivity index (χ4n) is 2.24. The molecule has 0 unspecified atom stereocenters. The maximum Gasteiger partial charge on any atom is 0.416 e. The van der Waals surface area contributed by atoms with Gasteiger partial charge in [-0.3, -0.25) is 4.68 Å². The molecule has 0 aliphatic carbocycles. The maximum absolute atomic E-state index is 13.0. The van der Waals surface area contributed by atoms with Gasteiger partial charge in [-0.1, -0.05) is 6.07 Å². The molecule has 1 aromatic heterocycles. The number of aryl methyl sites for hydroxylation is 2. The van der Waals surface area contributed by atoms with Crippen molar-refractivity contribution in [1.29, 1.82) is 0 Å². The lowest BCUT2D eigenvalue weighted by molar-refractivity contribution is -0.138. The first-order chi connectivity index (χ1) is 9.77. The van der Waals surface area contributed by atoms with Crippen molar-refractivity contribution in [2.45, 2.75) is 33.1 Å². The Morgan fingerprint density at radius 3 is 2.38 bits per heavy atom. The number of alkyl halides is 3. The number of hydrogen-bond donors (Lipinski definition) is 1. The molecule has 0 saturated heterocycles. The summed E-state index contributed by atoms with van der Waals surface area (Å²) in [4.78, 5) is 0. The molecule has 0 saturated carbocycles. The Morgan fingerprint density at radius 2 is 1.81 bits per heavy atom. The molecule has 114 valence electrons. The first-order valence-corrected chi connectivity index (χ1v) is 6.63. The third-order valence-electron chi connectivity index (χ3n) is 3.45. The molecule has 21 heavy (non-hydrogen) atoms. The summed E-state index contributed by atoms with van der Waals surface area (Å²) in [7, 11) is 1.82. The van der Waals surface area contributed by atoms with Crippen LogP contribution in [-0.4, -0.2) is 9.78 Å². The molecule has 0 spiro atoms. The summed E-state index contributed by atoms with van der Waals surface area (Å²) >= 11 is 0. The summed E-state index contributed by atoms with van der Waals surface area (Å²) in [6.45, 7) is 4.17. The van der Waals surface area contributed by atoms with Gasteiger partial charge in [-0.15, -0.1) is 0 Å². The van der Waals surface area contributed by atoms with Gasteiger partial charge < -0.3 is 5.32 Å². The topological polar surface area (TPSA) is 29.9 Å². The van der Waals surface area contributed by atoms with Crippen molar-refractivity contribution < 1.29 is 13.2 Å². The number of halogens is 3. The lowest BCUT2D eigenvalue weighted by Gasteiger charge is -2.15. The monoisotopic (exact) mass is 297 g/mol. The third-order valence-corrected chi connectivity index (χ3v) is 3.45. The minimum Gasteiger partial charge on any atom is -0.309 e. The second-order valence-electron chi connectivity index (χ2n) is 5.21. The van der Waals surface area contributed by atoms with Crippen molar-refractivity contribution in [1.82, 2.24) is 15.1 Å². The Kier molecular flexibility index (Phi) is 4.37. The van der Waals surface area contributed by atoms with Crippen LogP contribution < -0.4 is 5.32 Å². The van der Waals surface area contributed by atoms with Gasteiger partial charge in [0.25, 0.3) is 0 Å². The first-order valence-electron chi connectivity index (χ1n) is 6.63. The first kappa shape index (κ1) is 15.6. The van der Waals surface area contributed by atoms with Crippen molar-refractivity contribution in [2.75, 3.05) is 0 Å². The van der Waals surface area contributed by atoms with Crippen LogP contribution in [0.3, 0.4) is 0 Å². The van der Waals surface area contributed by atoms with E-state index in [2.05, 4.69) is 10.4 Å². The summed E-state index contributed by atoms with van der Waals surface area (Å²) in [5, 5.41) is 7.18. The number of aromatic nitrogens is 2. The highest BCUT2D eigenvalue weighted by Gasteiger charge is 2.33. The molecular formula is C15H18F3N3. The van der Waals surface area contributed by atoms with Crippen molar-refractivity contribution >= 4 is 0 Å². The number of benzene rings is 1. The Morgan fingerprint density at radius 1 is 1.14 bits per heavy atom. The number of rotatable bonds is 4. The lowest BCUT2D eigenvalue weighted by atomic mass is 9.99. The second-order valence-corrected chi connectivity index (χ2v) is 5.21. The normalized spacial score (nSPS) is 11.9. The summed E-state index contributed by atoms with van der Waals surface area (Å²) in [5.74, 6) is 0. The zero-order valence-corrected chi connectivity index (χ0v) is 12.3. The number of nitrogens with zero attached hydrogens (tertiary/aromatic N) is 2. The smallest absolute Gasteiger partial charge is 0.309 e. The highest BCUT2D eigenvalue weighted by atomic mass is 19.4. The Balaban J connectivity index is 2.08. The molecule has 2 rings (SSSR count). The SMILES string of the molecule is Cc1cc(CNCc2cnn(C)c2)cc(C(F)(F)F)c1C. The summed E-state index contributed by atoms with van der Waals surface area (Å²) < 4.78 is 40.6. The van der Waals surface area contributed by atoms with E-state index in [1.54, 1.807) is 23.9 Å². The maximum atomic E-state index is 13.0. The highest BCUT2D eigenvalue weighted by molar-refractivity contribution is 5.39. The standard InChI is InChI=1S/C15H18F3N3/c1-10-4-12(5-14(11(10)2)15(16,17)18)6-19-7-13-8-20-21(3)9-13/h4-5,8-9,19H,6-7H2,1-3H3. The fourth-order valence-corrected chi connectivity index (χ4v) is 2.24. The van der Waals surface area contributed by atoms with Crippen molar-refractivity contribution in [3.63, 3.8) is 0 Å². The molecule has 0 aliphatic heterocycles. The van der Waals surface area contributed by atoms with E-state index in [0.29, 0.717) is 29.8 Å². The average molecular weight is 297 g/mol. The van der Waals surface area contributed by atoms with Gasteiger partial charge in [-0.2, -0.15) is 18.3 Å². The average Bonchev–Trinajstić information content (AvgIpc) is 2.78.